The summed E-state index contributed by atoms with van der Waals surface area (Å²) in [5.74, 6) is -0.736. The molecule has 0 aromatic rings. The molecule has 1 unspecified atom stereocenters. The van der Waals surface area contributed by atoms with Gasteiger partial charge in [0.2, 0.25) is 0 Å². The number of hydrogen-bond donors (Lipinski definition) is 2. The first kappa shape index (κ1) is 12.4. The van der Waals surface area contributed by atoms with E-state index in [4.69, 9.17) is 14.9 Å². The molecule has 0 bridgehead atoms. The van der Waals surface area contributed by atoms with Gasteiger partial charge in [-0.25, -0.2) is 0 Å². The minimum absolute atomic E-state index is 0.0934. The second kappa shape index (κ2) is 6.86. The fraction of sp³-hybridized carbons (Fsp3) is 0.889. The van der Waals surface area contributed by atoms with Gasteiger partial charge in [-0.3, -0.25) is 4.79 Å². The summed E-state index contributed by atoms with van der Waals surface area (Å²) in [6.07, 6.45) is 0.738. The minimum Gasteiger partial charge on any atom is -0.465 e. The van der Waals surface area contributed by atoms with Crippen molar-refractivity contribution in [3.8, 4) is 0 Å². The predicted molar refractivity (Wildman–Crippen MR) is 48.1 cm³/mol. The lowest BCUT2D eigenvalue weighted by Crippen LogP contribution is -2.23. The summed E-state index contributed by atoms with van der Waals surface area (Å²) in [6.45, 7) is 3.46. The maximum Gasteiger partial charge on any atom is 0.308 e. The van der Waals surface area contributed by atoms with Gasteiger partial charge < -0.3 is 14.9 Å². The lowest BCUT2D eigenvalue weighted by Gasteiger charge is -2.13. The molecule has 1 atom stereocenters. The molecule has 0 radical (unpaired) electrons. The van der Waals surface area contributed by atoms with Gasteiger partial charge in [0, 0.05) is 5.92 Å². The number of esters is 1. The molecule has 4 heteroatoms. The molecular formula is C9H18O4. The second-order valence-electron chi connectivity index (χ2n) is 3.17. The van der Waals surface area contributed by atoms with Crippen molar-refractivity contribution >= 4 is 5.97 Å². The van der Waals surface area contributed by atoms with Crippen LogP contribution >= 0.6 is 0 Å². The molecule has 0 rings (SSSR count). The van der Waals surface area contributed by atoms with Crippen LogP contribution in [-0.4, -0.2) is 36.0 Å². The van der Waals surface area contributed by atoms with Gasteiger partial charge in [0.1, 0.15) is 0 Å². The van der Waals surface area contributed by atoms with Crippen molar-refractivity contribution in [1.82, 2.24) is 0 Å². The lowest BCUT2D eigenvalue weighted by atomic mass is 10.1. The molecule has 0 aliphatic carbocycles. The third-order valence-electron chi connectivity index (χ3n) is 1.99. The zero-order valence-corrected chi connectivity index (χ0v) is 8.19. The van der Waals surface area contributed by atoms with E-state index >= 15 is 0 Å². The first-order chi connectivity index (χ1) is 6.15. The summed E-state index contributed by atoms with van der Waals surface area (Å²) in [4.78, 5) is 11.1. The standard InChI is InChI=1S/C9H18O4/c1-3-7(2)9(12)13-6-8(4-10)5-11/h7-8,10-11H,3-6H2,1-2H3. The molecule has 78 valence electrons. The third-order valence-corrected chi connectivity index (χ3v) is 1.99. The lowest BCUT2D eigenvalue weighted by molar-refractivity contribution is -0.150. The predicted octanol–water partition coefficient (Wildman–Crippen LogP) is 0.176. The van der Waals surface area contributed by atoms with Crippen LogP contribution in [0.3, 0.4) is 0 Å². The van der Waals surface area contributed by atoms with Gasteiger partial charge in [-0.15, -0.1) is 0 Å². The molecule has 0 fully saturated rings. The van der Waals surface area contributed by atoms with E-state index in [9.17, 15) is 4.79 Å². The fourth-order valence-electron chi connectivity index (χ4n) is 0.672. The van der Waals surface area contributed by atoms with Crippen molar-refractivity contribution < 1.29 is 19.7 Å². The average molecular weight is 190 g/mol. The molecule has 0 aliphatic rings. The Morgan fingerprint density at radius 2 is 1.92 bits per heavy atom. The maximum atomic E-state index is 11.1. The minimum atomic E-state index is -0.354. The van der Waals surface area contributed by atoms with Crippen LogP contribution in [0.1, 0.15) is 20.3 Å². The molecule has 0 aliphatic heterocycles. The Kier molecular flexibility index (Phi) is 6.54. The number of hydrogen-bond acceptors (Lipinski definition) is 4. The van der Waals surface area contributed by atoms with E-state index in [2.05, 4.69) is 0 Å². The number of aliphatic hydroxyl groups excluding tert-OH is 2. The fourth-order valence-corrected chi connectivity index (χ4v) is 0.672. The summed E-state index contributed by atoms with van der Waals surface area (Å²) in [7, 11) is 0. The van der Waals surface area contributed by atoms with Gasteiger partial charge in [0.15, 0.2) is 0 Å². The van der Waals surface area contributed by atoms with Crippen LogP contribution in [0.5, 0.6) is 0 Å². The normalized spacial score (nSPS) is 13.0. The van der Waals surface area contributed by atoms with Crippen molar-refractivity contribution in [3.63, 3.8) is 0 Å². The van der Waals surface area contributed by atoms with Crippen molar-refractivity contribution in [2.75, 3.05) is 19.8 Å². The van der Waals surface area contributed by atoms with Crippen LogP contribution in [0.4, 0.5) is 0 Å². The van der Waals surface area contributed by atoms with E-state index in [1.807, 2.05) is 6.92 Å². The third kappa shape index (κ3) is 4.85. The van der Waals surface area contributed by atoms with Crippen molar-refractivity contribution in [2.45, 2.75) is 20.3 Å². The van der Waals surface area contributed by atoms with Gasteiger partial charge in [0.05, 0.1) is 25.7 Å². The molecule has 0 amide bonds. The Balaban J connectivity index is 3.68. The zero-order chi connectivity index (χ0) is 10.3. The van der Waals surface area contributed by atoms with E-state index in [0.717, 1.165) is 6.42 Å². The number of aliphatic hydroxyl groups is 2. The zero-order valence-electron chi connectivity index (χ0n) is 8.19. The summed E-state index contributed by atoms with van der Waals surface area (Å²) in [5.41, 5.74) is 0. The Morgan fingerprint density at radius 1 is 1.38 bits per heavy atom. The summed E-state index contributed by atoms with van der Waals surface area (Å²) < 4.78 is 4.88. The molecule has 2 N–H and O–H groups in total. The smallest absolute Gasteiger partial charge is 0.308 e. The van der Waals surface area contributed by atoms with Crippen molar-refractivity contribution in [1.29, 1.82) is 0 Å². The highest BCUT2D eigenvalue weighted by molar-refractivity contribution is 5.71. The highest BCUT2D eigenvalue weighted by Crippen LogP contribution is 2.04. The number of carbonyl (C=O) groups is 1. The molecule has 4 nitrogen and oxygen atoms in total. The quantitative estimate of drug-likeness (QED) is 0.586. The van der Waals surface area contributed by atoms with Gasteiger partial charge in [-0.2, -0.15) is 0 Å². The van der Waals surface area contributed by atoms with Crippen molar-refractivity contribution in [3.05, 3.63) is 0 Å². The van der Waals surface area contributed by atoms with Crippen LogP contribution in [0.25, 0.3) is 0 Å². The number of ether oxygens (including phenoxy) is 1. The number of carbonyl (C=O) groups excluding carboxylic acids is 1. The maximum absolute atomic E-state index is 11.1. The van der Waals surface area contributed by atoms with Gasteiger partial charge in [0.25, 0.3) is 0 Å². The molecule has 13 heavy (non-hydrogen) atoms. The Hall–Kier alpha value is -0.610. The van der Waals surface area contributed by atoms with Gasteiger partial charge >= 0.3 is 5.97 Å². The summed E-state index contributed by atoms with van der Waals surface area (Å²) >= 11 is 0. The largest absolute Gasteiger partial charge is 0.465 e. The second-order valence-corrected chi connectivity index (χ2v) is 3.17. The van der Waals surface area contributed by atoms with Crippen LogP contribution in [-0.2, 0) is 9.53 Å². The first-order valence-electron chi connectivity index (χ1n) is 4.54. The molecule has 0 spiro atoms. The van der Waals surface area contributed by atoms with E-state index in [0.29, 0.717) is 0 Å². The topological polar surface area (TPSA) is 66.8 Å². The van der Waals surface area contributed by atoms with E-state index in [1.54, 1.807) is 6.92 Å². The monoisotopic (exact) mass is 190 g/mol. The van der Waals surface area contributed by atoms with E-state index < -0.39 is 0 Å². The van der Waals surface area contributed by atoms with E-state index in [1.165, 1.54) is 0 Å². The van der Waals surface area contributed by atoms with Gasteiger partial charge in [-0.05, 0) is 6.42 Å². The number of rotatable bonds is 6. The highest BCUT2D eigenvalue weighted by atomic mass is 16.5. The molecule has 0 saturated heterocycles. The first-order valence-corrected chi connectivity index (χ1v) is 4.54. The van der Waals surface area contributed by atoms with Crippen molar-refractivity contribution in [2.24, 2.45) is 11.8 Å². The Labute approximate surface area is 78.5 Å². The average Bonchev–Trinajstić information content (AvgIpc) is 2.17. The van der Waals surface area contributed by atoms with Crippen LogP contribution < -0.4 is 0 Å². The summed E-state index contributed by atoms with van der Waals surface area (Å²) in [6, 6.07) is 0. The molecule has 0 aromatic carbocycles. The molecular weight excluding hydrogens is 172 g/mol. The SMILES string of the molecule is CCC(C)C(=O)OCC(CO)CO. The van der Waals surface area contributed by atoms with Crippen LogP contribution in [0.15, 0.2) is 0 Å². The molecule has 0 heterocycles. The van der Waals surface area contributed by atoms with Crippen LogP contribution in [0, 0.1) is 11.8 Å². The van der Waals surface area contributed by atoms with Gasteiger partial charge in [-0.1, -0.05) is 13.8 Å². The Bertz CT molecular complexity index is 143. The molecule has 0 aromatic heterocycles. The van der Waals surface area contributed by atoms with Crippen LogP contribution in [0.2, 0.25) is 0 Å². The van der Waals surface area contributed by atoms with E-state index in [-0.39, 0.29) is 37.6 Å². The summed E-state index contributed by atoms with van der Waals surface area (Å²) in [5, 5.41) is 17.4. The Morgan fingerprint density at radius 3 is 2.31 bits per heavy atom. The highest BCUT2D eigenvalue weighted by Gasteiger charge is 2.14. The molecule has 0 saturated carbocycles.